The van der Waals surface area contributed by atoms with E-state index in [-0.39, 0.29) is 5.52 Å². The molecule has 0 fully saturated rings. The van der Waals surface area contributed by atoms with Gasteiger partial charge >= 0.3 is 0 Å². The predicted octanol–water partition coefficient (Wildman–Crippen LogP) is 5.74. The van der Waals surface area contributed by atoms with Crippen molar-refractivity contribution in [1.29, 1.82) is 0 Å². The number of anilines is 1. The van der Waals surface area contributed by atoms with Crippen LogP contribution in [0.3, 0.4) is 0 Å². The monoisotopic (exact) mass is 376 g/mol. The SMILES string of the molecule is C=C/C=C(\C=C/C)C1=PC(=O)C(c2cc3ccc(N(C)CCC)cc3[nH]2)=C1. The molecule has 1 aliphatic rings. The first-order chi connectivity index (χ1) is 13.1. The minimum atomic E-state index is 0.124. The molecule has 0 aliphatic carbocycles. The van der Waals surface area contributed by atoms with E-state index in [1.807, 2.05) is 31.2 Å². The van der Waals surface area contributed by atoms with E-state index in [4.69, 9.17) is 0 Å². The molecule has 0 amide bonds. The summed E-state index contributed by atoms with van der Waals surface area (Å²) in [5.74, 6) is 0. The van der Waals surface area contributed by atoms with Crippen LogP contribution >= 0.6 is 8.20 Å². The van der Waals surface area contributed by atoms with Crippen LogP contribution in [0.4, 0.5) is 5.69 Å². The van der Waals surface area contributed by atoms with Crippen molar-refractivity contribution in [3.8, 4) is 0 Å². The number of nitrogens with one attached hydrogen (secondary N) is 1. The summed E-state index contributed by atoms with van der Waals surface area (Å²) in [4.78, 5) is 18.3. The summed E-state index contributed by atoms with van der Waals surface area (Å²) in [7, 11) is 2.81. The normalized spacial score (nSPS) is 15.4. The maximum absolute atomic E-state index is 12.6. The minimum Gasteiger partial charge on any atom is -0.375 e. The molecule has 0 bridgehead atoms. The van der Waals surface area contributed by atoms with Gasteiger partial charge in [-0.3, -0.25) is 4.79 Å². The van der Waals surface area contributed by atoms with Gasteiger partial charge in [0.2, 0.25) is 5.52 Å². The molecule has 1 aromatic heterocycles. The van der Waals surface area contributed by atoms with E-state index in [0.717, 1.165) is 46.0 Å². The van der Waals surface area contributed by atoms with Crippen molar-refractivity contribution in [3.05, 3.63) is 72.5 Å². The van der Waals surface area contributed by atoms with Crippen LogP contribution in [0, 0.1) is 0 Å². The maximum atomic E-state index is 12.6. The third kappa shape index (κ3) is 4.04. The molecule has 138 valence electrons. The molecule has 0 atom stereocenters. The highest BCUT2D eigenvalue weighted by Gasteiger charge is 2.21. The lowest BCUT2D eigenvalue weighted by molar-refractivity contribution is -0.106. The van der Waals surface area contributed by atoms with Crippen LogP contribution in [0.25, 0.3) is 16.5 Å². The third-order valence-corrected chi connectivity index (χ3v) is 5.64. The first-order valence-electron chi connectivity index (χ1n) is 9.22. The quantitative estimate of drug-likeness (QED) is 0.494. The van der Waals surface area contributed by atoms with Crippen molar-refractivity contribution >= 4 is 41.2 Å². The summed E-state index contributed by atoms with van der Waals surface area (Å²) < 4.78 is 0. The van der Waals surface area contributed by atoms with E-state index in [0.29, 0.717) is 8.20 Å². The molecule has 4 heteroatoms. The van der Waals surface area contributed by atoms with E-state index in [1.54, 1.807) is 6.08 Å². The van der Waals surface area contributed by atoms with Gasteiger partial charge in [0, 0.05) is 35.5 Å². The molecule has 2 aromatic rings. The molecule has 2 heterocycles. The van der Waals surface area contributed by atoms with Crippen LogP contribution in [0.1, 0.15) is 26.0 Å². The van der Waals surface area contributed by atoms with Gasteiger partial charge in [-0.2, -0.15) is 0 Å². The van der Waals surface area contributed by atoms with Crippen molar-refractivity contribution in [2.75, 3.05) is 18.5 Å². The smallest absolute Gasteiger partial charge is 0.214 e. The van der Waals surface area contributed by atoms with Gasteiger partial charge < -0.3 is 9.88 Å². The fourth-order valence-electron chi connectivity index (χ4n) is 3.24. The second-order valence-electron chi connectivity index (χ2n) is 6.59. The second kappa shape index (κ2) is 8.37. The van der Waals surface area contributed by atoms with E-state index in [2.05, 4.69) is 54.7 Å². The van der Waals surface area contributed by atoms with Gasteiger partial charge in [-0.1, -0.05) is 43.9 Å². The topological polar surface area (TPSA) is 36.1 Å². The first-order valence-corrected chi connectivity index (χ1v) is 10.1. The van der Waals surface area contributed by atoms with E-state index in [9.17, 15) is 4.79 Å². The number of allylic oxidation sites excluding steroid dienone is 7. The number of aromatic nitrogens is 1. The van der Waals surface area contributed by atoms with Crippen LogP contribution in [0.15, 0.2) is 66.8 Å². The number of hydrogen-bond donors (Lipinski definition) is 1. The van der Waals surface area contributed by atoms with Gasteiger partial charge in [-0.05, 0) is 51.4 Å². The lowest BCUT2D eigenvalue weighted by Crippen LogP contribution is -2.17. The van der Waals surface area contributed by atoms with Crippen LogP contribution in [0.2, 0.25) is 0 Å². The molecular weight excluding hydrogens is 351 g/mol. The number of H-pyrrole nitrogens is 1. The number of rotatable bonds is 7. The van der Waals surface area contributed by atoms with Crippen molar-refractivity contribution in [2.45, 2.75) is 20.3 Å². The first kappa shape index (κ1) is 19.1. The summed E-state index contributed by atoms with van der Waals surface area (Å²) >= 11 is 0. The number of carbonyl (C=O) groups excluding carboxylic acids is 1. The Kier molecular flexibility index (Phi) is 5.93. The number of carbonyl (C=O) groups is 1. The Balaban J connectivity index is 1.95. The maximum Gasteiger partial charge on any atom is 0.214 e. The molecule has 1 N–H and O–H groups in total. The average Bonchev–Trinajstić information content (AvgIpc) is 3.24. The molecule has 3 nitrogen and oxygen atoms in total. The van der Waals surface area contributed by atoms with Crippen LogP contribution in [-0.4, -0.2) is 29.4 Å². The molecule has 0 unspecified atom stereocenters. The molecule has 3 rings (SSSR count). The summed E-state index contributed by atoms with van der Waals surface area (Å²) in [5, 5.41) is 2.13. The largest absolute Gasteiger partial charge is 0.375 e. The Labute approximate surface area is 162 Å². The van der Waals surface area contributed by atoms with Crippen LogP contribution < -0.4 is 4.90 Å². The zero-order chi connectivity index (χ0) is 19.4. The van der Waals surface area contributed by atoms with E-state index in [1.165, 1.54) is 5.69 Å². The highest BCUT2D eigenvalue weighted by molar-refractivity contribution is 7.63. The molecule has 27 heavy (non-hydrogen) atoms. The van der Waals surface area contributed by atoms with Crippen molar-refractivity contribution in [1.82, 2.24) is 4.98 Å². The standard InChI is InChI=1S/C23H25N2OP/c1-5-8-16(9-6-2)22-15-19(23(26)27-22)21-13-17-10-11-18(14-20(17)24-21)25(4)12-7-3/h5-6,8-11,13-15,24H,1,7,12H2,2-4H3/b9-6-,16-8+. The molecule has 1 aromatic carbocycles. The van der Waals surface area contributed by atoms with E-state index >= 15 is 0 Å². The summed E-state index contributed by atoms with van der Waals surface area (Å²) in [6.07, 6.45) is 10.8. The van der Waals surface area contributed by atoms with Gasteiger partial charge in [-0.15, -0.1) is 0 Å². The molecular formula is C23H25N2OP. The van der Waals surface area contributed by atoms with Gasteiger partial charge in [-0.25, -0.2) is 0 Å². The molecule has 0 saturated carbocycles. The number of benzene rings is 1. The lowest BCUT2D eigenvalue weighted by atomic mass is 10.1. The summed E-state index contributed by atoms with van der Waals surface area (Å²) in [6, 6.07) is 8.46. The molecule has 1 aliphatic heterocycles. The molecule has 0 spiro atoms. The van der Waals surface area contributed by atoms with Crippen LogP contribution in [0.5, 0.6) is 0 Å². The molecule has 0 saturated heterocycles. The summed E-state index contributed by atoms with van der Waals surface area (Å²) in [5.41, 5.74) is 5.01. The Morgan fingerprint density at radius 3 is 2.85 bits per heavy atom. The van der Waals surface area contributed by atoms with Crippen LogP contribution in [-0.2, 0) is 4.79 Å². The Hall–Kier alpha value is -2.64. The fraction of sp³-hybridized carbons (Fsp3) is 0.217. The Morgan fingerprint density at radius 2 is 2.15 bits per heavy atom. The van der Waals surface area contributed by atoms with Gasteiger partial charge in [0.05, 0.1) is 11.3 Å². The Bertz CT molecular complexity index is 1000. The minimum absolute atomic E-state index is 0.124. The Morgan fingerprint density at radius 1 is 1.33 bits per heavy atom. The van der Waals surface area contributed by atoms with Crippen molar-refractivity contribution in [3.63, 3.8) is 0 Å². The highest BCUT2D eigenvalue weighted by Crippen LogP contribution is 2.33. The van der Waals surface area contributed by atoms with Gasteiger partial charge in [0.15, 0.2) is 0 Å². The predicted molar refractivity (Wildman–Crippen MR) is 120 cm³/mol. The zero-order valence-corrected chi connectivity index (χ0v) is 17.0. The lowest BCUT2D eigenvalue weighted by Gasteiger charge is -2.18. The number of aromatic amines is 1. The fourth-order valence-corrected chi connectivity index (χ4v) is 4.23. The van der Waals surface area contributed by atoms with Crippen molar-refractivity contribution in [2.24, 2.45) is 0 Å². The average molecular weight is 376 g/mol. The molecule has 0 radical (unpaired) electrons. The number of fused-ring (bicyclic) bond motifs is 1. The highest BCUT2D eigenvalue weighted by atomic mass is 31.1. The zero-order valence-electron chi connectivity index (χ0n) is 16.1. The number of nitrogens with zero attached hydrogens (tertiary/aromatic N) is 1. The third-order valence-electron chi connectivity index (χ3n) is 4.57. The van der Waals surface area contributed by atoms with Gasteiger partial charge in [0.25, 0.3) is 0 Å². The number of hydrogen-bond acceptors (Lipinski definition) is 2. The van der Waals surface area contributed by atoms with E-state index < -0.39 is 0 Å². The second-order valence-corrected chi connectivity index (χ2v) is 7.71. The van der Waals surface area contributed by atoms with Gasteiger partial charge in [0.1, 0.15) is 0 Å². The van der Waals surface area contributed by atoms with Crippen molar-refractivity contribution < 1.29 is 4.79 Å². The summed E-state index contributed by atoms with van der Waals surface area (Å²) in [6.45, 7) is 8.94.